The van der Waals surface area contributed by atoms with E-state index >= 15 is 0 Å². The summed E-state index contributed by atoms with van der Waals surface area (Å²) in [5, 5.41) is 15.3. The zero-order chi connectivity index (χ0) is 20.4. The van der Waals surface area contributed by atoms with Gasteiger partial charge < -0.3 is 19.3 Å². The van der Waals surface area contributed by atoms with Crippen molar-refractivity contribution >= 4 is 39.3 Å². The molecule has 7 nitrogen and oxygen atoms in total. The summed E-state index contributed by atoms with van der Waals surface area (Å²) >= 11 is 11.0. The fourth-order valence-electron chi connectivity index (χ4n) is 3.34. The average molecular weight is 499 g/mol. The second-order valence-corrected chi connectivity index (χ2v) is 9.06. The van der Waals surface area contributed by atoms with E-state index in [1.54, 1.807) is 6.07 Å². The van der Waals surface area contributed by atoms with Crippen molar-refractivity contribution in [1.82, 2.24) is 0 Å². The monoisotopic (exact) mass is 497 g/mol. The Morgan fingerprint density at radius 3 is 2.76 bits per heavy atom. The Morgan fingerprint density at radius 1 is 1.21 bits per heavy atom. The van der Waals surface area contributed by atoms with Crippen molar-refractivity contribution < 1.29 is 19.3 Å². The maximum Gasteiger partial charge on any atom is 0.184 e. The molecule has 0 amide bonds. The highest BCUT2D eigenvalue weighted by atomic mass is 79.9. The molecule has 2 aliphatic rings. The summed E-state index contributed by atoms with van der Waals surface area (Å²) < 4.78 is 18.8. The second-order valence-electron chi connectivity index (χ2n) is 6.60. The third-order valence-electron chi connectivity index (χ3n) is 4.73. The van der Waals surface area contributed by atoms with Crippen LogP contribution in [0.15, 0.2) is 63.0 Å². The molecule has 2 heterocycles. The fraction of sp³-hybridized carbons (Fsp3) is 0.368. The molecule has 2 fully saturated rings. The summed E-state index contributed by atoms with van der Waals surface area (Å²) in [5.74, 6) is 0. The Hall–Kier alpha value is -1.29. The van der Waals surface area contributed by atoms with Crippen LogP contribution in [-0.2, 0) is 14.2 Å². The van der Waals surface area contributed by atoms with Gasteiger partial charge in [-0.1, -0.05) is 74.7 Å². The van der Waals surface area contributed by atoms with E-state index < -0.39 is 36.1 Å². The van der Waals surface area contributed by atoms with Crippen LogP contribution in [0.1, 0.15) is 11.9 Å². The minimum Gasteiger partial charge on any atom is -0.389 e. The van der Waals surface area contributed by atoms with Gasteiger partial charge in [0, 0.05) is 19.8 Å². The molecule has 152 valence electrons. The van der Waals surface area contributed by atoms with Crippen molar-refractivity contribution in [1.29, 1.82) is 0 Å². The number of benzene rings is 2. The zero-order valence-electron chi connectivity index (χ0n) is 15.0. The predicted molar refractivity (Wildman–Crippen MR) is 113 cm³/mol. The Balaban J connectivity index is 1.56. The Labute approximate surface area is 185 Å². The fourth-order valence-corrected chi connectivity index (χ4v) is 5.23. The first-order chi connectivity index (χ1) is 14.1. The number of nitrogens with zero attached hydrogens (tertiary/aromatic N) is 3. The Kier molecular flexibility index (Phi) is 6.68. The summed E-state index contributed by atoms with van der Waals surface area (Å²) in [4.78, 5) is 3.66. The van der Waals surface area contributed by atoms with Gasteiger partial charge in [0.1, 0.15) is 23.7 Å². The van der Waals surface area contributed by atoms with Crippen molar-refractivity contribution in [2.75, 3.05) is 6.61 Å². The third-order valence-corrected chi connectivity index (χ3v) is 6.88. The van der Waals surface area contributed by atoms with E-state index in [0.29, 0.717) is 5.02 Å². The molecule has 2 aromatic rings. The lowest BCUT2D eigenvalue weighted by Crippen LogP contribution is -2.60. The average Bonchev–Trinajstić information content (AvgIpc) is 2.74. The molecule has 0 bridgehead atoms. The van der Waals surface area contributed by atoms with Crippen LogP contribution in [-0.4, -0.2) is 41.5 Å². The molecule has 0 radical (unpaired) electrons. The summed E-state index contributed by atoms with van der Waals surface area (Å²) in [6.45, 7) is 0.248. The molecule has 0 aliphatic carbocycles. The molecule has 1 N–H and O–H groups in total. The summed E-state index contributed by atoms with van der Waals surface area (Å²) in [6.07, 6.45) is -2.82. The predicted octanol–water partition coefficient (Wildman–Crippen LogP) is 5.07. The maximum atomic E-state index is 10.9. The summed E-state index contributed by atoms with van der Waals surface area (Å²) in [5.41, 5.74) is 9.20. The van der Waals surface area contributed by atoms with Gasteiger partial charge in [-0.25, -0.2) is 0 Å². The summed E-state index contributed by atoms with van der Waals surface area (Å²) in [7, 11) is 0. The molecule has 1 unspecified atom stereocenters. The SMILES string of the molecule is [N-]=[N+]=N[C@@H]1[C@@H](O)[C@@H](Sc2cc(Br)ccc2Cl)O[C@@H]2COC(c3ccccc3)O[C@H]12. The molecule has 0 aromatic heterocycles. The largest absolute Gasteiger partial charge is 0.389 e. The van der Waals surface area contributed by atoms with Gasteiger partial charge in [0.2, 0.25) is 0 Å². The molecule has 0 spiro atoms. The molecule has 10 heteroatoms. The maximum absolute atomic E-state index is 10.9. The van der Waals surface area contributed by atoms with Crippen LogP contribution in [0.2, 0.25) is 5.02 Å². The van der Waals surface area contributed by atoms with Crippen LogP contribution in [0.5, 0.6) is 0 Å². The lowest BCUT2D eigenvalue weighted by atomic mass is 9.97. The van der Waals surface area contributed by atoms with Crippen molar-refractivity contribution in [2.45, 2.75) is 41.0 Å². The zero-order valence-corrected chi connectivity index (χ0v) is 18.1. The first kappa shape index (κ1) is 21.0. The van der Waals surface area contributed by atoms with Crippen LogP contribution < -0.4 is 0 Å². The highest BCUT2D eigenvalue weighted by Crippen LogP contribution is 2.42. The van der Waals surface area contributed by atoms with Gasteiger partial charge >= 0.3 is 0 Å². The van der Waals surface area contributed by atoms with Crippen molar-refractivity contribution in [3.63, 3.8) is 0 Å². The van der Waals surface area contributed by atoms with E-state index in [-0.39, 0.29) is 6.61 Å². The molecule has 0 saturated carbocycles. The molecular formula is C19H17BrClN3O4S. The highest BCUT2D eigenvalue weighted by Gasteiger charge is 2.49. The summed E-state index contributed by atoms with van der Waals surface area (Å²) in [6, 6.07) is 14.1. The van der Waals surface area contributed by atoms with Crippen molar-refractivity contribution in [2.24, 2.45) is 5.11 Å². The number of hydrogen-bond acceptors (Lipinski definition) is 6. The Morgan fingerprint density at radius 2 is 2.00 bits per heavy atom. The number of rotatable bonds is 4. The number of aliphatic hydroxyl groups is 1. The second kappa shape index (κ2) is 9.24. The number of thioether (sulfide) groups is 1. The highest BCUT2D eigenvalue weighted by molar-refractivity contribution is 9.10. The third kappa shape index (κ3) is 4.57. The quantitative estimate of drug-likeness (QED) is 0.360. The van der Waals surface area contributed by atoms with Crippen LogP contribution in [0.25, 0.3) is 10.4 Å². The molecular weight excluding hydrogens is 482 g/mol. The minimum atomic E-state index is -1.08. The standard InChI is InChI=1S/C19H17BrClN3O4S/c20-11-6-7-12(21)14(8-11)29-19-16(25)15(23-24-22)17-13(27-19)9-26-18(28-17)10-4-2-1-3-5-10/h1-8,13,15-19,25H,9H2/t13-,15-,16-,17+,18?,19-/m1/s1. The molecule has 2 saturated heterocycles. The van der Waals surface area contributed by atoms with Gasteiger partial charge in [-0.05, 0) is 23.7 Å². The van der Waals surface area contributed by atoms with Crippen molar-refractivity contribution in [3.8, 4) is 0 Å². The van der Waals surface area contributed by atoms with Gasteiger partial charge in [0.05, 0.1) is 17.7 Å². The minimum absolute atomic E-state index is 0.248. The first-order valence-electron chi connectivity index (χ1n) is 8.88. The van der Waals surface area contributed by atoms with Crippen molar-refractivity contribution in [3.05, 3.63) is 74.0 Å². The number of halogens is 2. The molecule has 2 aliphatic heterocycles. The van der Waals surface area contributed by atoms with E-state index in [1.807, 2.05) is 42.5 Å². The van der Waals surface area contributed by atoms with Crippen LogP contribution >= 0.6 is 39.3 Å². The normalized spacial score (nSPS) is 31.6. The topological polar surface area (TPSA) is 96.7 Å². The molecule has 4 rings (SSSR count). The number of aliphatic hydroxyl groups excluding tert-OH is 1. The number of azide groups is 1. The van der Waals surface area contributed by atoms with Gasteiger partial charge in [-0.2, -0.15) is 0 Å². The molecule has 29 heavy (non-hydrogen) atoms. The lowest BCUT2D eigenvalue weighted by molar-refractivity contribution is -0.297. The number of hydrogen-bond donors (Lipinski definition) is 1. The van der Waals surface area contributed by atoms with Crippen LogP contribution in [0.3, 0.4) is 0 Å². The van der Waals surface area contributed by atoms with E-state index in [9.17, 15) is 5.11 Å². The van der Waals surface area contributed by atoms with E-state index in [4.69, 9.17) is 31.3 Å². The van der Waals surface area contributed by atoms with E-state index in [1.165, 1.54) is 11.8 Å². The molecule has 2 aromatic carbocycles. The van der Waals surface area contributed by atoms with Gasteiger partial charge in [0.15, 0.2) is 6.29 Å². The van der Waals surface area contributed by atoms with Crippen LogP contribution in [0.4, 0.5) is 0 Å². The van der Waals surface area contributed by atoms with Gasteiger partial charge in [-0.15, -0.1) is 0 Å². The molecule has 6 atom stereocenters. The van der Waals surface area contributed by atoms with E-state index in [0.717, 1.165) is 14.9 Å². The number of ether oxygens (including phenoxy) is 3. The smallest absolute Gasteiger partial charge is 0.184 e. The first-order valence-corrected chi connectivity index (χ1v) is 10.9. The van der Waals surface area contributed by atoms with Gasteiger partial charge in [0.25, 0.3) is 0 Å². The van der Waals surface area contributed by atoms with Gasteiger partial charge in [-0.3, -0.25) is 0 Å². The van der Waals surface area contributed by atoms with E-state index in [2.05, 4.69) is 26.0 Å². The Bertz CT molecular complexity index is 918. The number of fused-ring (bicyclic) bond motifs is 1. The lowest BCUT2D eigenvalue weighted by Gasteiger charge is -2.46. The van der Waals surface area contributed by atoms with Crippen LogP contribution in [0, 0.1) is 0 Å².